The molecule has 0 radical (unpaired) electrons. The van der Waals surface area contributed by atoms with Crippen LogP contribution in [-0.2, 0) is 13.0 Å². The summed E-state index contributed by atoms with van der Waals surface area (Å²) in [5, 5.41) is 4.39. The lowest BCUT2D eigenvalue weighted by atomic mass is 9.96. The van der Waals surface area contributed by atoms with Gasteiger partial charge in [0, 0.05) is 29.9 Å². The van der Waals surface area contributed by atoms with Crippen LogP contribution in [0, 0.1) is 0 Å². The van der Waals surface area contributed by atoms with Crippen LogP contribution >= 0.6 is 0 Å². The number of nitrogens with one attached hydrogen (secondary N) is 1. The van der Waals surface area contributed by atoms with Crippen LogP contribution in [0.4, 0.5) is 5.69 Å². The Morgan fingerprint density at radius 1 is 1.11 bits per heavy atom. The highest BCUT2D eigenvalue weighted by Gasteiger charge is 2.27. The first-order valence-electron chi connectivity index (χ1n) is 9.76. The van der Waals surface area contributed by atoms with Crippen molar-refractivity contribution in [1.82, 2.24) is 0 Å². The van der Waals surface area contributed by atoms with Gasteiger partial charge in [0.1, 0.15) is 16.9 Å². The summed E-state index contributed by atoms with van der Waals surface area (Å²) in [5.41, 5.74) is 3.87. The molecule has 28 heavy (non-hydrogen) atoms. The van der Waals surface area contributed by atoms with Crippen LogP contribution < -0.4 is 15.7 Å². The molecule has 0 amide bonds. The van der Waals surface area contributed by atoms with Gasteiger partial charge in [0.05, 0.1) is 5.39 Å². The zero-order valence-corrected chi connectivity index (χ0v) is 16.5. The second-order valence-corrected chi connectivity index (χ2v) is 7.76. The molecule has 1 aliphatic rings. The summed E-state index contributed by atoms with van der Waals surface area (Å²) in [5.74, 6) is 0.785. The molecule has 1 aromatic heterocycles. The molecule has 2 aromatic carbocycles. The van der Waals surface area contributed by atoms with Gasteiger partial charge in [-0.15, -0.1) is 0 Å². The fourth-order valence-electron chi connectivity index (χ4n) is 3.65. The molecule has 0 fully saturated rings. The maximum absolute atomic E-state index is 12.1. The van der Waals surface area contributed by atoms with Crippen molar-refractivity contribution < 1.29 is 9.15 Å². The van der Waals surface area contributed by atoms with Gasteiger partial charge in [0.15, 0.2) is 0 Å². The van der Waals surface area contributed by atoms with Crippen LogP contribution in [0.3, 0.4) is 0 Å². The predicted octanol–water partition coefficient (Wildman–Crippen LogP) is 5.54. The lowest BCUT2D eigenvalue weighted by Gasteiger charge is -2.30. The number of fused-ring (bicyclic) bond motifs is 3. The minimum absolute atomic E-state index is 0.324. The first-order valence-corrected chi connectivity index (χ1v) is 9.76. The summed E-state index contributed by atoms with van der Waals surface area (Å²) in [6.45, 7) is 6.84. The number of hydrogen-bond donors (Lipinski definition) is 1. The molecule has 2 heterocycles. The molecule has 0 aliphatic carbocycles. The zero-order chi connectivity index (χ0) is 19.7. The van der Waals surface area contributed by atoms with E-state index in [-0.39, 0.29) is 5.63 Å². The second-order valence-electron chi connectivity index (χ2n) is 7.76. The molecule has 4 nitrogen and oxygen atoms in total. The van der Waals surface area contributed by atoms with Crippen molar-refractivity contribution in [1.29, 1.82) is 0 Å². The van der Waals surface area contributed by atoms with E-state index in [0.717, 1.165) is 40.8 Å². The van der Waals surface area contributed by atoms with E-state index in [9.17, 15) is 4.79 Å². The lowest BCUT2D eigenvalue weighted by Crippen LogP contribution is -2.28. The molecule has 0 atom stereocenters. The van der Waals surface area contributed by atoms with Crippen molar-refractivity contribution in [3.05, 3.63) is 75.7 Å². The summed E-state index contributed by atoms with van der Waals surface area (Å²) in [6.07, 6.45) is 5.92. The van der Waals surface area contributed by atoms with E-state index < -0.39 is 5.60 Å². The van der Waals surface area contributed by atoms with E-state index in [0.29, 0.717) is 12.1 Å². The molecule has 3 aromatic rings. The molecule has 0 bridgehead atoms. The summed E-state index contributed by atoms with van der Waals surface area (Å²) in [7, 11) is 0. The first-order chi connectivity index (χ1) is 13.5. The fraction of sp³-hybridized carbons (Fsp3) is 0.292. The van der Waals surface area contributed by atoms with Crippen LogP contribution in [0.5, 0.6) is 5.75 Å². The van der Waals surface area contributed by atoms with Crippen LogP contribution in [0.25, 0.3) is 17.0 Å². The largest absolute Gasteiger partial charge is 0.482 e. The van der Waals surface area contributed by atoms with Crippen molar-refractivity contribution in [3.63, 3.8) is 0 Å². The van der Waals surface area contributed by atoms with Crippen molar-refractivity contribution >= 4 is 22.7 Å². The number of benzene rings is 2. The standard InChI is InChI=1S/C24H25NO3/c1-4-8-17-13-21(26)27-20-14-19(25-15-16-9-6-5-7-10-16)18-11-12-24(2,3)28-23(18)22(17)20/h5-7,9-14,25H,4,8,15H2,1-3H3. The van der Waals surface area contributed by atoms with Gasteiger partial charge in [-0.2, -0.15) is 0 Å². The molecule has 0 unspecified atom stereocenters. The number of hydrogen-bond acceptors (Lipinski definition) is 4. The highest BCUT2D eigenvalue weighted by Crippen LogP contribution is 2.43. The number of aryl methyl sites for hydroxylation is 1. The highest BCUT2D eigenvalue weighted by molar-refractivity contribution is 5.96. The summed E-state index contributed by atoms with van der Waals surface area (Å²) < 4.78 is 11.9. The number of rotatable bonds is 5. The van der Waals surface area contributed by atoms with Gasteiger partial charge >= 0.3 is 5.63 Å². The Balaban J connectivity index is 1.88. The Kier molecular flexibility index (Phi) is 4.71. The van der Waals surface area contributed by atoms with Gasteiger partial charge < -0.3 is 14.5 Å². The monoisotopic (exact) mass is 375 g/mol. The zero-order valence-electron chi connectivity index (χ0n) is 16.5. The Morgan fingerprint density at radius 3 is 2.64 bits per heavy atom. The normalized spacial score (nSPS) is 14.5. The van der Waals surface area contributed by atoms with E-state index >= 15 is 0 Å². The van der Waals surface area contributed by atoms with Crippen LogP contribution in [0.2, 0.25) is 0 Å². The fourth-order valence-corrected chi connectivity index (χ4v) is 3.65. The van der Waals surface area contributed by atoms with Gasteiger partial charge in [-0.1, -0.05) is 43.7 Å². The minimum Gasteiger partial charge on any atom is -0.482 e. The number of ether oxygens (including phenoxy) is 1. The molecule has 144 valence electrons. The van der Waals surface area contributed by atoms with Gasteiger partial charge in [0.2, 0.25) is 0 Å². The van der Waals surface area contributed by atoms with E-state index in [1.54, 1.807) is 6.07 Å². The summed E-state index contributed by atoms with van der Waals surface area (Å²) in [4.78, 5) is 12.1. The maximum atomic E-state index is 12.1. The molecule has 4 rings (SSSR count). The third kappa shape index (κ3) is 3.55. The average Bonchev–Trinajstić information content (AvgIpc) is 2.65. The predicted molar refractivity (Wildman–Crippen MR) is 114 cm³/mol. The summed E-state index contributed by atoms with van der Waals surface area (Å²) in [6, 6.07) is 13.7. The second kappa shape index (κ2) is 7.19. The van der Waals surface area contributed by atoms with E-state index in [2.05, 4.69) is 36.5 Å². The molecular formula is C24H25NO3. The number of anilines is 1. The smallest absolute Gasteiger partial charge is 0.336 e. The molecule has 1 aliphatic heterocycles. The highest BCUT2D eigenvalue weighted by atomic mass is 16.5. The molecule has 0 saturated heterocycles. The quantitative estimate of drug-likeness (QED) is 0.595. The SMILES string of the molecule is CCCc1cc(=O)oc2cc(NCc3ccccc3)c3c(c12)OC(C)(C)C=C3. The molecule has 4 heteroatoms. The maximum Gasteiger partial charge on any atom is 0.336 e. The van der Waals surface area contributed by atoms with Gasteiger partial charge in [-0.05, 0) is 43.5 Å². The van der Waals surface area contributed by atoms with Gasteiger partial charge in [-0.3, -0.25) is 0 Å². The van der Waals surface area contributed by atoms with E-state index in [4.69, 9.17) is 9.15 Å². The Hall–Kier alpha value is -3.01. The van der Waals surface area contributed by atoms with E-state index in [1.807, 2.05) is 38.1 Å². The molecular weight excluding hydrogens is 350 g/mol. The van der Waals surface area contributed by atoms with Crippen LogP contribution in [-0.4, -0.2) is 5.60 Å². The van der Waals surface area contributed by atoms with E-state index in [1.165, 1.54) is 5.56 Å². The van der Waals surface area contributed by atoms with Crippen molar-refractivity contribution in [2.75, 3.05) is 5.32 Å². The molecule has 0 saturated carbocycles. The van der Waals surface area contributed by atoms with Crippen molar-refractivity contribution in [3.8, 4) is 5.75 Å². The van der Waals surface area contributed by atoms with Gasteiger partial charge in [-0.25, -0.2) is 4.79 Å². The third-order valence-electron chi connectivity index (χ3n) is 4.97. The topological polar surface area (TPSA) is 51.5 Å². The third-order valence-corrected chi connectivity index (χ3v) is 4.97. The van der Waals surface area contributed by atoms with Crippen LogP contribution in [0.15, 0.2) is 57.8 Å². The minimum atomic E-state index is -0.419. The van der Waals surface area contributed by atoms with Crippen molar-refractivity contribution in [2.24, 2.45) is 0 Å². The average molecular weight is 375 g/mol. The molecule has 1 N–H and O–H groups in total. The van der Waals surface area contributed by atoms with Crippen molar-refractivity contribution in [2.45, 2.75) is 45.8 Å². The van der Waals surface area contributed by atoms with Gasteiger partial charge in [0.25, 0.3) is 0 Å². The molecule has 0 spiro atoms. The Labute approximate surface area is 164 Å². The Bertz CT molecular complexity index is 1090. The summed E-state index contributed by atoms with van der Waals surface area (Å²) >= 11 is 0. The lowest BCUT2D eigenvalue weighted by molar-refractivity contribution is 0.161. The first kappa shape index (κ1) is 18.4. The van der Waals surface area contributed by atoms with Crippen LogP contribution in [0.1, 0.15) is 43.9 Å². The Morgan fingerprint density at radius 2 is 1.89 bits per heavy atom.